The summed E-state index contributed by atoms with van der Waals surface area (Å²) in [6.07, 6.45) is 23.3. The fourth-order valence-corrected chi connectivity index (χ4v) is 9.44. The van der Waals surface area contributed by atoms with E-state index in [1.165, 1.54) is 181 Å². The standard InChI is InChI=1S/C48H61Cl2N3/c1-4-7-10-13-16-19-26-51-43-24-22-35(49)29-37(43)39-31-47-41(33-45(39)51)42-34-46-40(32-48(42)53(47)28-21-18-15-12-9-6-3)38-30-36(50)23-25-44(38)52(46)27-20-17-14-11-8-5-2/h22-25,29-34H,4-21,26-28H2,1-3H3. The Balaban J connectivity index is 1.38. The Morgan fingerprint density at radius 1 is 0.321 bits per heavy atom. The Morgan fingerprint density at radius 2 is 0.585 bits per heavy atom. The summed E-state index contributed by atoms with van der Waals surface area (Å²) in [4.78, 5) is 0. The van der Waals surface area contributed by atoms with Crippen LogP contribution in [0.2, 0.25) is 10.0 Å². The number of aromatic nitrogens is 3. The SMILES string of the molecule is CCCCCCCCn1c2ccc(Cl)cc2c2cc3c(cc21)c1cc2c(cc1n3CCCCCCCC)c1cc(Cl)ccc1n2CCCCCCCC. The Kier molecular flexibility index (Phi) is 13.0. The number of benzene rings is 4. The lowest BCUT2D eigenvalue weighted by Gasteiger charge is -2.10. The van der Waals surface area contributed by atoms with Gasteiger partial charge >= 0.3 is 0 Å². The van der Waals surface area contributed by atoms with Crippen molar-refractivity contribution < 1.29 is 0 Å². The van der Waals surface area contributed by atoms with Crippen molar-refractivity contribution in [2.24, 2.45) is 0 Å². The van der Waals surface area contributed by atoms with E-state index in [2.05, 4.69) is 95.1 Å². The maximum absolute atomic E-state index is 6.70. The monoisotopic (exact) mass is 749 g/mol. The van der Waals surface area contributed by atoms with Crippen LogP contribution in [0.3, 0.4) is 0 Å². The molecular formula is C48H61Cl2N3. The maximum atomic E-state index is 6.70. The average Bonchev–Trinajstić information content (AvgIpc) is 3.74. The normalized spacial score (nSPS) is 12.3. The van der Waals surface area contributed by atoms with E-state index in [-0.39, 0.29) is 0 Å². The molecule has 0 radical (unpaired) electrons. The number of halogens is 2. The number of aryl methyl sites for hydroxylation is 3. The molecule has 3 aromatic heterocycles. The van der Waals surface area contributed by atoms with Crippen molar-refractivity contribution in [1.29, 1.82) is 0 Å². The Hall–Kier alpha value is -3.14. The van der Waals surface area contributed by atoms with Gasteiger partial charge in [-0.25, -0.2) is 0 Å². The van der Waals surface area contributed by atoms with Crippen LogP contribution in [-0.4, -0.2) is 13.7 Å². The van der Waals surface area contributed by atoms with Crippen molar-refractivity contribution in [2.45, 2.75) is 156 Å². The number of unbranched alkanes of at least 4 members (excludes halogenated alkanes) is 15. The van der Waals surface area contributed by atoms with Gasteiger partial charge in [0, 0.05) is 95.1 Å². The van der Waals surface area contributed by atoms with E-state index < -0.39 is 0 Å². The molecule has 3 nitrogen and oxygen atoms in total. The molecule has 4 aromatic carbocycles. The summed E-state index contributed by atoms with van der Waals surface area (Å²) in [5.41, 5.74) is 7.96. The zero-order valence-corrected chi connectivity index (χ0v) is 34.2. The van der Waals surface area contributed by atoms with Gasteiger partial charge in [0.1, 0.15) is 0 Å². The molecule has 0 fully saturated rings. The van der Waals surface area contributed by atoms with Gasteiger partial charge in [-0.05, 0) is 79.9 Å². The molecule has 0 N–H and O–H groups in total. The predicted octanol–water partition coefficient (Wildman–Crippen LogP) is 16.4. The first kappa shape index (κ1) is 38.1. The van der Waals surface area contributed by atoms with Gasteiger partial charge in [0.05, 0.1) is 0 Å². The van der Waals surface area contributed by atoms with Gasteiger partial charge in [0.25, 0.3) is 0 Å². The van der Waals surface area contributed by atoms with Gasteiger partial charge in [-0.2, -0.15) is 0 Å². The van der Waals surface area contributed by atoms with Crippen molar-refractivity contribution in [3.63, 3.8) is 0 Å². The molecule has 0 aliphatic heterocycles. The highest BCUT2D eigenvalue weighted by Crippen LogP contribution is 2.41. The summed E-state index contributed by atoms with van der Waals surface area (Å²) in [5.74, 6) is 0. The molecule has 7 rings (SSSR count). The Bertz CT molecular complexity index is 2150. The summed E-state index contributed by atoms with van der Waals surface area (Å²) < 4.78 is 7.83. The van der Waals surface area contributed by atoms with E-state index in [0.717, 1.165) is 29.7 Å². The lowest BCUT2D eigenvalue weighted by Crippen LogP contribution is -1.99. The van der Waals surface area contributed by atoms with Crippen LogP contribution < -0.4 is 0 Å². The van der Waals surface area contributed by atoms with Gasteiger partial charge in [0.2, 0.25) is 0 Å². The van der Waals surface area contributed by atoms with Crippen molar-refractivity contribution >= 4 is 88.6 Å². The lowest BCUT2D eigenvalue weighted by atomic mass is 10.1. The van der Waals surface area contributed by atoms with Crippen LogP contribution >= 0.6 is 23.2 Å². The number of hydrogen-bond acceptors (Lipinski definition) is 0. The molecule has 5 heteroatoms. The van der Waals surface area contributed by atoms with Crippen LogP contribution in [0.4, 0.5) is 0 Å². The molecule has 53 heavy (non-hydrogen) atoms. The minimum Gasteiger partial charge on any atom is -0.340 e. The van der Waals surface area contributed by atoms with Crippen LogP contribution in [0.15, 0.2) is 60.7 Å². The molecule has 0 bridgehead atoms. The molecule has 0 amide bonds. The van der Waals surface area contributed by atoms with E-state index in [4.69, 9.17) is 23.2 Å². The van der Waals surface area contributed by atoms with E-state index in [1.807, 2.05) is 0 Å². The molecule has 3 heterocycles. The number of rotatable bonds is 21. The zero-order chi connectivity index (χ0) is 36.7. The van der Waals surface area contributed by atoms with Crippen LogP contribution in [-0.2, 0) is 19.6 Å². The van der Waals surface area contributed by atoms with E-state index >= 15 is 0 Å². The van der Waals surface area contributed by atoms with E-state index in [0.29, 0.717) is 0 Å². The van der Waals surface area contributed by atoms with Gasteiger partial charge in [-0.1, -0.05) is 140 Å². The minimum absolute atomic E-state index is 0.808. The first-order valence-corrected chi connectivity index (χ1v) is 22.1. The van der Waals surface area contributed by atoms with Gasteiger partial charge in [0.15, 0.2) is 0 Å². The molecule has 0 atom stereocenters. The average molecular weight is 751 g/mol. The fourth-order valence-electron chi connectivity index (χ4n) is 9.09. The second kappa shape index (κ2) is 18.0. The van der Waals surface area contributed by atoms with E-state index in [1.54, 1.807) is 0 Å². The molecule has 0 aliphatic carbocycles. The first-order valence-electron chi connectivity index (χ1n) is 21.3. The smallest absolute Gasteiger partial charge is 0.0499 e. The quantitative estimate of drug-likeness (QED) is 0.0650. The summed E-state index contributed by atoms with van der Waals surface area (Å²) >= 11 is 13.4. The van der Waals surface area contributed by atoms with Crippen molar-refractivity contribution in [1.82, 2.24) is 13.7 Å². The molecule has 282 valence electrons. The van der Waals surface area contributed by atoms with Gasteiger partial charge < -0.3 is 13.7 Å². The largest absolute Gasteiger partial charge is 0.340 e. The molecule has 0 saturated heterocycles. The summed E-state index contributed by atoms with van der Waals surface area (Å²) in [6, 6.07) is 23.1. The van der Waals surface area contributed by atoms with Crippen molar-refractivity contribution in [3.05, 3.63) is 70.7 Å². The predicted molar refractivity (Wildman–Crippen MR) is 236 cm³/mol. The molecular weight excluding hydrogens is 689 g/mol. The van der Waals surface area contributed by atoms with Crippen LogP contribution in [0.1, 0.15) is 136 Å². The Labute approximate surface area is 327 Å². The van der Waals surface area contributed by atoms with Crippen LogP contribution in [0, 0.1) is 0 Å². The van der Waals surface area contributed by atoms with Crippen LogP contribution in [0.25, 0.3) is 65.4 Å². The van der Waals surface area contributed by atoms with Crippen LogP contribution in [0.5, 0.6) is 0 Å². The molecule has 7 aromatic rings. The second-order valence-electron chi connectivity index (χ2n) is 15.9. The highest BCUT2D eigenvalue weighted by molar-refractivity contribution is 6.33. The number of nitrogens with zero attached hydrogens (tertiary/aromatic N) is 3. The van der Waals surface area contributed by atoms with Gasteiger partial charge in [-0.15, -0.1) is 0 Å². The van der Waals surface area contributed by atoms with E-state index in [9.17, 15) is 0 Å². The molecule has 0 spiro atoms. The lowest BCUT2D eigenvalue weighted by molar-refractivity contribution is 0.570. The third kappa shape index (κ3) is 8.13. The highest BCUT2D eigenvalue weighted by atomic mass is 35.5. The zero-order valence-electron chi connectivity index (χ0n) is 32.7. The number of fused-ring (bicyclic) bond motifs is 9. The highest BCUT2D eigenvalue weighted by Gasteiger charge is 2.20. The molecule has 0 aliphatic rings. The van der Waals surface area contributed by atoms with Crippen molar-refractivity contribution in [3.8, 4) is 0 Å². The Morgan fingerprint density at radius 3 is 0.906 bits per heavy atom. The van der Waals surface area contributed by atoms with Gasteiger partial charge in [-0.3, -0.25) is 0 Å². The fraction of sp³-hybridized carbons (Fsp3) is 0.500. The molecule has 0 saturated carbocycles. The third-order valence-corrected chi connectivity index (χ3v) is 12.4. The topological polar surface area (TPSA) is 14.8 Å². The minimum atomic E-state index is 0.808. The summed E-state index contributed by atoms with van der Waals surface area (Å²) in [5, 5.41) is 9.54. The maximum Gasteiger partial charge on any atom is 0.0499 e. The van der Waals surface area contributed by atoms with Crippen molar-refractivity contribution in [2.75, 3.05) is 0 Å². The summed E-state index contributed by atoms with van der Waals surface area (Å²) in [6.45, 7) is 9.99. The molecule has 0 unspecified atom stereocenters. The third-order valence-electron chi connectivity index (χ3n) is 12.0. The first-order chi connectivity index (χ1) is 26.0. The summed E-state index contributed by atoms with van der Waals surface area (Å²) in [7, 11) is 0. The number of hydrogen-bond donors (Lipinski definition) is 0. The second-order valence-corrected chi connectivity index (χ2v) is 16.7.